The van der Waals surface area contributed by atoms with Crippen LogP contribution >= 0.6 is 0 Å². The van der Waals surface area contributed by atoms with Crippen LogP contribution in [0, 0.1) is 17.2 Å². The van der Waals surface area contributed by atoms with E-state index in [2.05, 4.69) is 51.2 Å². The van der Waals surface area contributed by atoms with E-state index in [4.69, 9.17) is 4.98 Å². The molecule has 1 aromatic heterocycles. The lowest BCUT2D eigenvalue weighted by Gasteiger charge is -2.32. The van der Waals surface area contributed by atoms with Gasteiger partial charge in [0.25, 0.3) is 0 Å². The lowest BCUT2D eigenvalue weighted by Crippen LogP contribution is -2.41. The Morgan fingerprint density at radius 3 is 2.68 bits per heavy atom. The van der Waals surface area contributed by atoms with Crippen molar-refractivity contribution < 1.29 is 0 Å². The summed E-state index contributed by atoms with van der Waals surface area (Å²) in [7, 11) is 0. The van der Waals surface area contributed by atoms with Crippen molar-refractivity contribution in [2.75, 3.05) is 24.5 Å². The summed E-state index contributed by atoms with van der Waals surface area (Å²) in [6.45, 7) is 4.18. The van der Waals surface area contributed by atoms with E-state index in [0.717, 1.165) is 37.8 Å². The fourth-order valence-corrected chi connectivity index (χ4v) is 4.85. The van der Waals surface area contributed by atoms with Gasteiger partial charge in [0.05, 0.1) is 6.20 Å². The molecule has 2 atom stereocenters. The van der Waals surface area contributed by atoms with E-state index < -0.39 is 0 Å². The third-order valence-electron chi connectivity index (χ3n) is 6.40. The molecule has 2 aromatic rings. The molecule has 1 saturated carbocycles. The minimum atomic E-state index is 0.422. The molecule has 0 spiro atoms. The van der Waals surface area contributed by atoms with Crippen LogP contribution in [0.5, 0.6) is 0 Å². The minimum Gasteiger partial charge on any atom is -0.351 e. The number of hydrogen-bond donors (Lipinski definition) is 0. The molecular formula is C23H27N5. The monoisotopic (exact) mass is 373 g/mol. The lowest BCUT2D eigenvalue weighted by molar-refractivity contribution is 0.212. The molecule has 2 saturated heterocycles. The summed E-state index contributed by atoms with van der Waals surface area (Å²) in [5, 5.41) is 9.68. The van der Waals surface area contributed by atoms with Crippen molar-refractivity contribution in [2.45, 2.75) is 50.6 Å². The summed E-state index contributed by atoms with van der Waals surface area (Å²) in [5.74, 6) is 2.96. The van der Waals surface area contributed by atoms with Crippen molar-refractivity contribution in [1.82, 2.24) is 14.9 Å². The summed E-state index contributed by atoms with van der Waals surface area (Å²) in [4.78, 5) is 14.5. The summed E-state index contributed by atoms with van der Waals surface area (Å²) in [6.07, 6.45) is 7.83. The third kappa shape index (κ3) is 3.62. The van der Waals surface area contributed by atoms with Crippen molar-refractivity contribution in [3.8, 4) is 6.07 Å². The molecule has 5 nitrogen and oxygen atoms in total. The van der Waals surface area contributed by atoms with Crippen molar-refractivity contribution in [2.24, 2.45) is 5.92 Å². The molecule has 1 aromatic carbocycles. The van der Waals surface area contributed by atoms with Crippen molar-refractivity contribution in [3.05, 3.63) is 53.5 Å². The molecular weight excluding hydrogens is 346 g/mol. The highest BCUT2D eigenvalue weighted by atomic mass is 15.3. The highest BCUT2D eigenvalue weighted by Crippen LogP contribution is 2.39. The van der Waals surface area contributed by atoms with E-state index in [9.17, 15) is 5.26 Å². The standard InChI is InChI=1S/C23H27N5/c24-11-20-12-25-22(19-9-10-19)26-23(20)28-15-18-7-4-8-21(28)16-27(14-18)13-17-5-2-1-3-6-17/h1-3,5-6,12,18-19,21H,4,7-10,13-16H2. The molecule has 5 rings (SSSR count). The van der Waals surface area contributed by atoms with E-state index >= 15 is 0 Å². The molecule has 2 unspecified atom stereocenters. The van der Waals surface area contributed by atoms with Crippen LogP contribution in [0.2, 0.25) is 0 Å². The summed E-state index contributed by atoms with van der Waals surface area (Å²) in [5.41, 5.74) is 2.01. The molecule has 5 heteroatoms. The van der Waals surface area contributed by atoms with Gasteiger partial charge >= 0.3 is 0 Å². The first-order valence-electron chi connectivity index (χ1n) is 10.6. The zero-order chi connectivity index (χ0) is 18.9. The van der Waals surface area contributed by atoms with E-state index in [0.29, 0.717) is 23.4 Å². The fraction of sp³-hybridized carbons (Fsp3) is 0.522. The van der Waals surface area contributed by atoms with Gasteiger partial charge < -0.3 is 4.90 Å². The van der Waals surface area contributed by atoms with E-state index in [1.54, 1.807) is 6.20 Å². The Morgan fingerprint density at radius 2 is 1.89 bits per heavy atom. The summed E-state index contributed by atoms with van der Waals surface area (Å²) in [6, 6.07) is 13.5. The first-order valence-corrected chi connectivity index (χ1v) is 10.6. The second-order valence-electron chi connectivity index (χ2n) is 8.63. The molecule has 0 radical (unpaired) electrons. The second-order valence-corrected chi connectivity index (χ2v) is 8.63. The number of nitriles is 1. The lowest BCUT2D eigenvalue weighted by atomic mass is 9.99. The second kappa shape index (κ2) is 7.52. The van der Waals surface area contributed by atoms with Crippen LogP contribution in [0.15, 0.2) is 36.5 Å². The molecule has 28 heavy (non-hydrogen) atoms. The number of aromatic nitrogens is 2. The first-order chi connectivity index (χ1) is 13.8. The first kappa shape index (κ1) is 17.6. The molecule has 2 bridgehead atoms. The minimum absolute atomic E-state index is 0.422. The van der Waals surface area contributed by atoms with Gasteiger partial charge in [-0.15, -0.1) is 0 Å². The third-order valence-corrected chi connectivity index (χ3v) is 6.40. The van der Waals surface area contributed by atoms with Crippen molar-refractivity contribution in [1.29, 1.82) is 5.26 Å². The molecule has 0 amide bonds. The smallest absolute Gasteiger partial charge is 0.150 e. The number of anilines is 1. The summed E-state index contributed by atoms with van der Waals surface area (Å²) < 4.78 is 0. The van der Waals surface area contributed by atoms with Gasteiger partial charge in [-0.25, -0.2) is 9.97 Å². The number of nitrogens with zero attached hydrogens (tertiary/aromatic N) is 5. The molecule has 3 fully saturated rings. The molecule has 3 aliphatic rings. The number of rotatable bonds is 4. The molecule has 2 aliphatic heterocycles. The zero-order valence-electron chi connectivity index (χ0n) is 16.3. The number of fused-ring (bicyclic) bond motifs is 3. The van der Waals surface area contributed by atoms with Crippen LogP contribution in [0.3, 0.4) is 0 Å². The van der Waals surface area contributed by atoms with E-state index in [-0.39, 0.29) is 0 Å². The Balaban J connectivity index is 1.43. The average Bonchev–Trinajstić information content (AvgIpc) is 3.56. The zero-order valence-corrected chi connectivity index (χ0v) is 16.3. The van der Waals surface area contributed by atoms with Crippen LogP contribution in [-0.2, 0) is 6.54 Å². The van der Waals surface area contributed by atoms with Gasteiger partial charge in [-0.3, -0.25) is 4.90 Å². The molecule has 1 aliphatic carbocycles. The molecule has 3 heterocycles. The van der Waals surface area contributed by atoms with Gasteiger partial charge in [0.2, 0.25) is 0 Å². The van der Waals surface area contributed by atoms with Crippen LogP contribution < -0.4 is 4.90 Å². The quantitative estimate of drug-likeness (QED) is 0.818. The maximum Gasteiger partial charge on any atom is 0.150 e. The van der Waals surface area contributed by atoms with Crippen molar-refractivity contribution in [3.63, 3.8) is 0 Å². The number of hydrogen-bond acceptors (Lipinski definition) is 5. The topological polar surface area (TPSA) is 56.1 Å². The van der Waals surface area contributed by atoms with Gasteiger partial charge in [0, 0.05) is 38.1 Å². The predicted molar refractivity (Wildman–Crippen MR) is 109 cm³/mol. The Labute approximate surface area is 167 Å². The fourth-order valence-electron chi connectivity index (χ4n) is 4.85. The van der Waals surface area contributed by atoms with Crippen LogP contribution in [0.4, 0.5) is 5.82 Å². The van der Waals surface area contributed by atoms with Gasteiger partial charge in [-0.05, 0) is 37.2 Å². The van der Waals surface area contributed by atoms with Crippen LogP contribution in [0.25, 0.3) is 0 Å². The average molecular weight is 374 g/mol. The van der Waals surface area contributed by atoms with Gasteiger partial charge in [-0.2, -0.15) is 5.26 Å². The maximum atomic E-state index is 9.68. The summed E-state index contributed by atoms with van der Waals surface area (Å²) >= 11 is 0. The van der Waals surface area contributed by atoms with Gasteiger partial charge in [0.1, 0.15) is 17.5 Å². The van der Waals surface area contributed by atoms with Gasteiger partial charge in [0.15, 0.2) is 5.82 Å². The predicted octanol–water partition coefficient (Wildman–Crippen LogP) is 3.72. The van der Waals surface area contributed by atoms with Crippen molar-refractivity contribution >= 4 is 5.82 Å². The SMILES string of the molecule is N#Cc1cnc(C2CC2)nc1N1CC2CCCC1CN(Cc1ccccc1)C2. The van der Waals surface area contributed by atoms with Crippen LogP contribution in [-0.4, -0.2) is 40.5 Å². The Kier molecular flexibility index (Phi) is 4.74. The van der Waals surface area contributed by atoms with Gasteiger partial charge in [-0.1, -0.05) is 36.8 Å². The van der Waals surface area contributed by atoms with E-state index in [1.165, 1.54) is 37.7 Å². The maximum absolute atomic E-state index is 9.68. The highest BCUT2D eigenvalue weighted by molar-refractivity contribution is 5.54. The van der Waals surface area contributed by atoms with E-state index in [1.807, 2.05) is 0 Å². The molecule has 144 valence electrons. The normalized spacial score (nSPS) is 25.2. The number of benzene rings is 1. The Bertz CT molecular complexity index is 870. The Morgan fingerprint density at radius 1 is 1.04 bits per heavy atom. The Hall–Kier alpha value is -2.45. The highest BCUT2D eigenvalue weighted by Gasteiger charge is 2.35. The largest absolute Gasteiger partial charge is 0.351 e. The van der Waals surface area contributed by atoms with Crippen LogP contribution in [0.1, 0.15) is 55.0 Å². The number of likely N-dealkylation sites (tertiary alicyclic amines) is 1. The molecule has 0 N–H and O–H groups in total.